The summed E-state index contributed by atoms with van der Waals surface area (Å²) >= 11 is 11.4. The van der Waals surface area contributed by atoms with E-state index in [1.165, 1.54) is 0 Å². The lowest BCUT2D eigenvalue weighted by atomic mass is 9.72. The largest absolute Gasteiger partial charge is 0.497 e. The lowest BCUT2D eigenvalue weighted by molar-refractivity contribution is -0.00646. The van der Waals surface area contributed by atoms with Crippen molar-refractivity contribution in [3.8, 4) is 17.2 Å². The zero-order valence-corrected chi connectivity index (χ0v) is 38.4. The number of thiocarbonyl (C=S) groups is 2. The van der Waals surface area contributed by atoms with E-state index >= 15 is 0 Å². The van der Waals surface area contributed by atoms with E-state index in [0.717, 1.165) is 91.2 Å². The molecule has 2 saturated heterocycles. The number of piperidine rings is 2. The van der Waals surface area contributed by atoms with Gasteiger partial charge < -0.3 is 44.9 Å². The van der Waals surface area contributed by atoms with Crippen LogP contribution in [0.3, 0.4) is 0 Å². The Morgan fingerprint density at radius 2 is 0.766 bits per heavy atom. The predicted molar refractivity (Wildman–Crippen MR) is 265 cm³/mol. The van der Waals surface area contributed by atoms with Gasteiger partial charge in [0.2, 0.25) is 0 Å². The van der Waals surface area contributed by atoms with Gasteiger partial charge in [-0.3, -0.25) is 0 Å². The molecule has 0 atom stereocenters. The average Bonchev–Trinajstić information content (AvgIpc) is 3.37. The summed E-state index contributed by atoms with van der Waals surface area (Å²) in [4.78, 5) is 4.35. The fourth-order valence-corrected chi connectivity index (χ4v) is 9.61. The molecular weight excluding hydrogens is 837 g/mol. The van der Waals surface area contributed by atoms with Crippen molar-refractivity contribution in [2.24, 2.45) is 11.8 Å². The molecule has 2 fully saturated rings. The van der Waals surface area contributed by atoms with Crippen molar-refractivity contribution in [2.75, 3.05) is 58.1 Å². The third-order valence-corrected chi connectivity index (χ3v) is 13.3. The van der Waals surface area contributed by atoms with E-state index in [0.29, 0.717) is 21.7 Å². The van der Waals surface area contributed by atoms with E-state index in [-0.39, 0.29) is 11.8 Å². The van der Waals surface area contributed by atoms with E-state index in [1.54, 1.807) is 21.3 Å². The molecule has 0 bridgehead atoms. The first-order valence-corrected chi connectivity index (χ1v) is 22.6. The van der Waals surface area contributed by atoms with E-state index < -0.39 is 11.2 Å². The van der Waals surface area contributed by atoms with Gasteiger partial charge in [-0.15, -0.1) is 0 Å². The summed E-state index contributed by atoms with van der Waals surface area (Å²) in [5.41, 5.74) is 3.46. The molecule has 0 aromatic heterocycles. The van der Waals surface area contributed by atoms with Crippen LogP contribution >= 0.6 is 24.4 Å². The minimum Gasteiger partial charge on any atom is -0.497 e. The molecule has 9 nitrogen and oxygen atoms in total. The summed E-state index contributed by atoms with van der Waals surface area (Å²) in [5, 5.41) is 32.1. The van der Waals surface area contributed by atoms with Crippen LogP contribution in [-0.4, -0.2) is 77.7 Å². The third kappa shape index (κ3) is 10.7. The van der Waals surface area contributed by atoms with Gasteiger partial charge in [0.05, 0.1) is 21.3 Å². The molecule has 0 saturated carbocycles. The highest BCUT2D eigenvalue weighted by molar-refractivity contribution is 7.80. The van der Waals surface area contributed by atoms with Crippen LogP contribution in [0.2, 0.25) is 0 Å². The Morgan fingerprint density at radius 3 is 1.08 bits per heavy atom. The molecule has 11 heteroatoms. The summed E-state index contributed by atoms with van der Waals surface area (Å²) in [5.74, 6) is 2.41. The van der Waals surface area contributed by atoms with Crippen molar-refractivity contribution in [3.05, 3.63) is 186 Å². The number of nitrogens with one attached hydrogen (secondary N) is 2. The smallest absolute Gasteiger partial charge is 0.173 e. The summed E-state index contributed by atoms with van der Waals surface area (Å²) in [6, 6.07) is 53.4. The highest BCUT2D eigenvalue weighted by Gasteiger charge is 2.43. The molecule has 6 aromatic rings. The van der Waals surface area contributed by atoms with Crippen molar-refractivity contribution in [1.82, 2.24) is 9.80 Å². The third-order valence-electron chi connectivity index (χ3n) is 12.5. The van der Waals surface area contributed by atoms with Gasteiger partial charge in [-0.1, -0.05) is 121 Å². The molecule has 8 rings (SSSR count). The second-order valence-electron chi connectivity index (χ2n) is 16.2. The fourth-order valence-electron chi connectivity index (χ4n) is 9.00. The van der Waals surface area contributed by atoms with Crippen LogP contribution in [0, 0.1) is 11.8 Å². The molecule has 332 valence electrons. The minimum atomic E-state index is -1.04. The zero-order valence-electron chi connectivity index (χ0n) is 36.7. The lowest BCUT2D eigenvalue weighted by Gasteiger charge is -2.43. The Bertz CT molecular complexity index is 2290. The number of anilines is 2. The highest BCUT2D eigenvalue weighted by Crippen LogP contribution is 2.43. The molecular formula is C53H58N4O5S2. The summed E-state index contributed by atoms with van der Waals surface area (Å²) in [6.07, 6.45) is 3.35. The molecule has 64 heavy (non-hydrogen) atoms. The maximum atomic E-state index is 12.1. The Labute approximate surface area is 388 Å². The van der Waals surface area contributed by atoms with Gasteiger partial charge in [0, 0.05) is 55.8 Å². The fraction of sp³-hybridized carbons (Fsp3) is 0.283. The van der Waals surface area contributed by atoms with E-state index in [4.69, 9.17) is 38.6 Å². The molecule has 0 aliphatic carbocycles. The van der Waals surface area contributed by atoms with Crippen molar-refractivity contribution in [1.29, 1.82) is 0 Å². The minimum absolute atomic E-state index is 0.0817. The first-order chi connectivity index (χ1) is 31.1. The number of hydrogen-bond acceptors (Lipinski definition) is 7. The zero-order chi connectivity index (χ0) is 44.9. The van der Waals surface area contributed by atoms with Crippen LogP contribution in [0.15, 0.2) is 164 Å². The van der Waals surface area contributed by atoms with Gasteiger partial charge in [0.15, 0.2) is 10.2 Å². The lowest BCUT2D eigenvalue weighted by Crippen LogP contribution is -2.47. The number of likely N-dealkylation sites (tertiary alicyclic amines) is 2. The molecule has 2 heterocycles. The number of benzene rings is 6. The van der Waals surface area contributed by atoms with E-state index in [2.05, 4.69) is 20.4 Å². The molecule has 4 N–H and O–H groups in total. The second kappa shape index (κ2) is 21.6. The van der Waals surface area contributed by atoms with Gasteiger partial charge in [0.25, 0.3) is 0 Å². The maximum Gasteiger partial charge on any atom is 0.173 e. The molecule has 0 amide bonds. The normalized spacial score (nSPS) is 14.7. The SMILES string of the molecule is COc1cc(NC(=S)N2CCC(C(O)(c3ccccc3)c3ccccc3)CC2)cc(OC)c1.COc1ccc(NC(=S)N2CCC(C(O)(c3ccccc3)c3ccccc3)CC2)cc1. The Morgan fingerprint density at radius 1 is 0.453 bits per heavy atom. The van der Waals surface area contributed by atoms with E-state index in [9.17, 15) is 10.2 Å². The van der Waals surface area contributed by atoms with Crippen LogP contribution in [0.25, 0.3) is 0 Å². The number of methoxy groups -OCH3 is 3. The first-order valence-electron chi connectivity index (χ1n) is 21.8. The average molecular weight is 895 g/mol. The van der Waals surface area contributed by atoms with Crippen molar-refractivity contribution < 1.29 is 24.4 Å². The predicted octanol–water partition coefficient (Wildman–Crippen LogP) is 10.1. The van der Waals surface area contributed by atoms with Gasteiger partial charge >= 0.3 is 0 Å². The summed E-state index contributed by atoms with van der Waals surface area (Å²) in [6.45, 7) is 3.13. The molecule has 6 aromatic carbocycles. The van der Waals surface area contributed by atoms with Gasteiger partial charge in [-0.25, -0.2) is 0 Å². The van der Waals surface area contributed by atoms with Crippen LogP contribution in [-0.2, 0) is 11.2 Å². The Balaban J connectivity index is 0.000000192. The first kappa shape index (κ1) is 46.0. The van der Waals surface area contributed by atoms with Crippen molar-refractivity contribution in [2.45, 2.75) is 36.9 Å². The number of ether oxygens (including phenoxy) is 3. The van der Waals surface area contributed by atoms with Crippen LogP contribution in [0.4, 0.5) is 11.4 Å². The van der Waals surface area contributed by atoms with Gasteiger partial charge in [0.1, 0.15) is 28.5 Å². The Hall–Kier alpha value is -5.98. The molecule has 2 aliphatic heterocycles. The van der Waals surface area contributed by atoms with Gasteiger partial charge in [-0.2, -0.15) is 0 Å². The van der Waals surface area contributed by atoms with Crippen LogP contribution in [0.5, 0.6) is 17.2 Å². The van der Waals surface area contributed by atoms with Gasteiger partial charge in [-0.05, 0) is 108 Å². The number of rotatable bonds is 11. The quantitative estimate of drug-likeness (QED) is 0.0937. The molecule has 0 spiro atoms. The van der Waals surface area contributed by atoms with E-state index in [1.807, 2.05) is 164 Å². The standard InChI is InChI=1S/C27H30N2O3S.C26H28N2O2S/c1-31-24-17-23(18-25(19-24)32-2)28-26(33)29-15-13-22(14-16-29)27(30,20-9-5-3-6-10-20)21-11-7-4-8-12-21;1-30-24-14-12-23(13-15-24)27-25(31)28-18-16-22(17-19-28)26(29,20-8-4-2-5-9-20)21-10-6-3-7-11-21/h3-12,17-19,22,30H,13-16H2,1-2H3,(H,28,33);2-15,22,29H,16-19H2,1H3,(H,27,31). The second-order valence-corrected chi connectivity index (χ2v) is 17.0. The van der Waals surface area contributed by atoms with Crippen molar-refractivity contribution in [3.63, 3.8) is 0 Å². The molecule has 2 aliphatic rings. The number of aliphatic hydroxyl groups is 2. The van der Waals surface area contributed by atoms with Crippen molar-refractivity contribution >= 4 is 46.0 Å². The van der Waals surface area contributed by atoms with Crippen LogP contribution < -0.4 is 24.8 Å². The number of hydrogen-bond donors (Lipinski definition) is 4. The Kier molecular flexibility index (Phi) is 15.5. The highest BCUT2D eigenvalue weighted by atomic mass is 32.1. The monoisotopic (exact) mass is 894 g/mol. The molecule has 0 radical (unpaired) electrons. The number of nitrogens with zero attached hydrogens (tertiary/aromatic N) is 2. The molecule has 0 unspecified atom stereocenters. The summed E-state index contributed by atoms with van der Waals surface area (Å²) in [7, 11) is 4.91. The topological polar surface area (TPSA) is 98.7 Å². The van der Waals surface area contributed by atoms with Crippen LogP contribution in [0.1, 0.15) is 47.9 Å². The summed E-state index contributed by atoms with van der Waals surface area (Å²) < 4.78 is 15.9. The maximum absolute atomic E-state index is 12.1.